The van der Waals surface area contributed by atoms with Crippen molar-refractivity contribution in [3.8, 4) is 22.4 Å². The molecule has 3 aromatic carbocycles. The maximum Gasteiger partial charge on any atom is 0.161 e. The number of rotatable bonds is 6. The fraction of sp³-hybridized carbons (Fsp3) is 0.314. The summed E-state index contributed by atoms with van der Waals surface area (Å²) in [5, 5.41) is 11.9. The van der Waals surface area contributed by atoms with E-state index in [1.807, 2.05) is 27.7 Å². The Morgan fingerprint density at radius 2 is 1.55 bits per heavy atom. The van der Waals surface area contributed by atoms with Crippen molar-refractivity contribution >= 4 is 29.9 Å². The van der Waals surface area contributed by atoms with Gasteiger partial charge >= 0.3 is 0 Å². The summed E-state index contributed by atoms with van der Waals surface area (Å²) in [5.41, 5.74) is 7.86. The molecule has 3 nitrogen and oxygen atoms in total. The number of aryl methyl sites for hydroxylation is 2. The standard InChI is InChI=1S/C26H26NSi.C9H16O2.Ir/c1-18-13-19(2)15-22(14-18)26-24(20-9-7-6-8-10-20)17-21-16-23(28(3,4)5)11-12-25(21)27-26;1-6(2)8(10)5-9(11)7(3)4;/h6-14,16-17H,1-5H3;5-7,10H,1-4H3;/q-1;;/b;8-5-;. The van der Waals surface area contributed by atoms with Crippen molar-refractivity contribution in [2.75, 3.05) is 0 Å². The van der Waals surface area contributed by atoms with Gasteiger partial charge in [-0.15, -0.1) is 34.9 Å². The molecule has 40 heavy (non-hydrogen) atoms. The predicted octanol–water partition coefficient (Wildman–Crippen LogP) is 8.84. The molecule has 1 aromatic heterocycles. The van der Waals surface area contributed by atoms with Gasteiger partial charge in [0.25, 0.3) is 0 Å². The van der Waals surface area contributed by atoms with E-state index < -0.39 is 8.07 Å². The van der Waals surface area contributed by atoms with Gasteiger partial charge in [0.15, 0.2) is 5.78 Å². The van der Waals surface area contributed by atoms with E-state index in [0.717, 1.165) is 22.3 Å². The molecule has 4 rings (SSSR count). The minimum atomic E-state index is -1.37. The molecule has 0 aliphatic rings. The molecule has 0 unspecified atom stereocenters. The number of carbonyl (C=O) groups excluding carboxylic acids is 1. The molecule has 1 radical (unpaired) electrons. The fourth-order valence-corrected chi connectivity index (χ4v) is 5.36. The Hall–Kier alpha value is -2.85. The predicted molar refractivity (Wildman–Crippen MR) is 169 cm³/mol. The van der Waals surface area contributed by atoms with Crippen molar-refractivity contribution in [3.63, 3.8) is 0 Å². The first-order valence-electron chi connectivity index (χ1n) is 13.7. The molecule has 0 aliphatic carbocycles. The number of nitrogens with zero attached hydrogens (tertiary/aromatic N) is 1. The molecule has 0 saturated carbocycles. The van der Waals surface area contributed by atoms with Crippen LogP contribution in [0.5, 0.6) is 0 Å². The van der Waals surface area contributed by atoms with Crippen molar-refractivity contribution < 1.29 is 30.0 Å². The average molecular weight is 729 g/mol. The monoisotopic (exact) mass is 729 g/mol. The Kier molecular flexibility index (Phi) is 11.8. The second-order valence-corrected chi connectivity index (χ2v) is 17.0. The van der Waals surface area contributed by atoms with Crippen LogP contribution in [0.4, 0.5) is 0 Å². The molecular weight excluding hydrogens is 687 g/mol. The molecule has 213 valence electrons. The minimum absolute atomic E-state index is 0. The summed E-state index contributed by atoms with van der Waals surface area (Å²) in [7, 11) is -1.37. The summed E-state index contributed by atoms with van der Waals surface area (Å²) in [6, 6.07) is 27.5. The number of aliphatic hydroxyl groups is 1. The molecular formula is C35H42IrNO2Si-. The Morgan fingerprint density at radius 3 is 2.10 bits per heavy atom. The minimum Gasteiger partial charge on any atom is -0.512 e. The van der Waals surface area contributed by atoms with Gasteiger partial charge in [0.1, 0.15) is 0 Å². The van der Waals surface area contributed by atoms with Crippen LogP contribution in [0, 0.1) is 31.7 Å². The second kappa shape index (κ2) is 14.2. The molecule has 0 amide bonds. The van der Waals surface area contributed by atoms with Gasteiger partial charge in [-0.25, -0.2) is 0 Å². The molecule has 0 saturated heterocycles. The number of fused-ring (bicyclic) bond motifs is 1. The Labute approximate surface area is 255 Å². The average Bonchev–Trinajstić information content (AvgIpc) is 2.87. The largest absolute Gasteiger partial charge is 0.512 e. The van der Waals surface area contributed by atoms with Crippen molar-refractivity contribution in [3.05, 3.63) is 95.8 Å². The van der Waals surface area contributed by atoms with E-state index in [-0.39, 0.29) is 43.5 Å². The Balaban J connectivity index is 0.000000400. The van der Waals surface area contributed by atoms with Crippen LogP contribution in [0.25, 0.3) is 33.3 Å². The summed E-state index contributed by atoms with van der Waals surface area (Å²) in [5.74, 6) is 0.161. The zero-order valence-electron chi connectivity index (χ0n) is 25.2. The third-order valence-electron chi connectivity index (χ3n) is 6.62. The third-order valence-corrected chi connectivity index (χ3v) is 8.66. The quantitative estimate of drug-likeness (QED) is 0.0935. The van der Waals surface area contributed by atoms with Crippen LogP contribution in [-0.4, -0.2) is 23.9 Å². The van der Waals surface area contributed by atoms with Crippen LogP contribution >= 0.6 is 0 Å². The first-order valence-corrected chi connectivity index (χ1v) is 17.2. The first-order chi connectivity index (χ1) is 18.3. The number of allylic oxidation sites excluding steroid dienone is 2. The zero-order chi connectivity index (χ0) is 28.9. The maximum atomic E-state index is 11.0. The van der Waals surface area contributed by atoms with Crippen molar-refractivity contribution in [2.45, 2.75) is 61.2 Å². The molecule has 0 bridgehead atoms. The SMILES string of the molecule is CC(C)C(=O)/C=C(\O)C(C)C.Cc1[c-]c(-c2nc3ccc([Si](C)(C)C)cc3cc2-c2ccccc2)cc(C)c1.[Ir]. The molecule has 5 heteroatoms. The van der Waals surface area contributed by atoms with Crippen LogP contribution in [0.1, 0.15) is 38.8 Å². The van der Waals surface area contributed by atoms with E-state index in [0.29, 0.717) is 0 Å². The molecule has 4 aromatic rings. The van der Waals surface area contributed by atoms with Gasteiger partial charge in [-0.2, -0.15) is 0 Å². The van der Waals surface area contributed by atoms with Gasteiger partial charge in [0.2, 0.25) is 0 Å². The topological polar surface area (TPSA) is 50.2 Å². The van der Waals surface area contributed by atoms with Gasteiger partial charge in [-0.05, 0) is 28.3 Å². The van der Waals surface area contributed by atoms with Gasteiger partial charge in [-0.3, -0.25) is 9.78 Å². The number of aromatic nitrogens is 1. The van der Waals surface area contributed by atoms with Gasteiger partial charge in [0.05, 0.1) is 19.3 Å². The van der Waals surface area contributed by atoms with Crippen molar-refractivity contribution in [1.82, 2.24) is 4.98 Å². The number of ketones is 1. The van der Waals surface area contributed by atoms with Gasteiger partial charge in [0, 0.05) is 38.0 Å². The summed E-state index contributed by atoms with van der Waals surface area (Å²) in [6.45, 7) is 18.7. The van der Waals surface area contributed by atoms with Crippen LogP contribution in [0.2, 0.25) is 19.6 Å². The number of aliphatic hydroxyl groups excluding tert-OH is 1. The summed E-state index contributed by atoms with van der Waals surface area (Å²) in [6.07, 6.45) is 1.31. The fourth-order valence-electron chi connectivity index (χ4n) is 4.19. The number of pyridine rings is 1. The van der Waals surface area contributed by atoms with Crippen LogP contribution in [0.15, 0.2) is 78.6 Å². The molecule has 0 atom stereocenters. The smallest absolute Gasteiger partial charge is 0.161 e. The summed E-state index contributed by atoms with van der Waals surface area (Å²) in [4.78, 5) is 16.1. The number of hydrogen-bond donors (Lipinski definition) is 1. The number of hydrogen-bond acceptors (Lipinski definition) is 3. The molecule has 0 fully saturated rings. The maximum absolute atomic E-state index is 11.0. The number of carbonyl (C=O) groups is 1. The van der Waals surface area contributed by atoms with E-state index in [4.69, 9.17) is 4.98 Å². The van der Waals surface area contributed by atoms with Crippen molar-refractivity contribution in [2.24, 2.45) is 11.8 Å². The van der Waals surface area contributed by atoms with Crippen LogP contribution in [-0.2, 0) is 24.9 Å². The number of benzene rings is 3. The Bertz CT molecular complexity index is 1460. The first kappa shape index (κ1) is 33.4. The summed E-state index contributed by atoms with van der Waals surface area (Å²) < 4.78 is 0. The van der Waals surface area contributed by atoms with Crippen LogP contribution in [0.3, 0.4) is 0 Å². The van der Waals surface area contributed by atoms with E-state index >= 15 is 0 Å². The Morgan fingerprint density at radius 1 is 0.900 bits per heavy atom. The molecule has 0 spiro atoms. The molecule has 0 aliphatic heterocycles. The van der Waals surface area contributed by atoms with Gasteiger partial charge in [-0.1, -0.05) is 115 Å². The van der Waals surface area contributed by atoms with E-state index in [2.05, 4.69) is 106 Å². The second-order valence-electron chi connectivity index (χ2n) is 11.9. The third kappa shape index (κ3) is 8.82. The van der Waals surface area contributed by atoms with E-state index in [1.165, 1.54) is 33.3 Å². The van der Waals surface area contributed by atoms with Gasteiger partial charge < -0.3 is 5.11 Å². The van der Waals surface area contributed by atoms with E-state index in [1.54, 1.807) is 0 Å². The van der Waals surface area contributed by atoms with E-state index in [9.17, 15) is 9.90 Å². The molecule has 1 N–H and O–H groups in total. The zero-order valence-corrected chi connectivity index (χ0v) is 28.6. The molecule has 1 heterocycles. The van der Waals surface area contributed by atoms with Crippen molar-refractivity contribution in [1.29, 1.82) is 0 Å². The normalized spacial score (nSPS) is 11.7. The van der Waals surface area contributed by atoms with Crippen LogP contribution < -0.4 is 5.19 Å². The summed E-state index contributed by atoms with van der Waals surface area (Å²) >= 11 is 0.